The molecule has 100 valence electrons. The van der Waals surface area contributed by atoms with Crippen molar-refractivity contribution in [3.05, 3.63) is 12.2 Å². The number of hydrogen-bond donors (Lipinski definition) is 1. The van der Waals surface area contributed by atoms with E-state index in [1.807, 2.05) is 0 Å². The van der Waals surface area contributed by atoms with Gasteiger partial charge in [-0.1, -0.05) is 0 Å². The molecule has 1 N–H and O–H groups in total. The van der Waals surface area contributed by atoms with E-state index in [2.05, 4.69) is 20.1 Å². The third-order valence-electron chi connectivity index (χ3n) is 4.29. The Labute approximate surface area is 108 Å². The van der Waals surface area contributed by atoms with Crippen LogP contribution in [0.1, 0.15) is 37.4 Å². The van der Waals surface area contributed by atoms with Crippen molar-refractivity contribution in [1.29, 1.82) is 0 Å². The highest BCUT2D eigenvalue weighted by molar-refractivity contribution is 4.95. The lowest BCUT2D eigenvalue weighted by Crippen LogP contribution is -2.34. The summed E-state index contributed by atoms with van der Waals surface area (Å²) >= 11 is 0. The molecular formula is C13H22N4O. The van der Waals surface area contributed by atoms with Crippen molar-refractivity contribution in [2.75, 3.05) is 32.8 Å². The fraction of sp³-hybridized carbons (Fsp3) is 0.846. The van der Waals surface area contributed by atoms with Crippen LogP contribution in [-0.2, 0) is 4.74 Å². The Balaban J connectivity index is 1.40. The van der Waals surface area contributed by atoms with Gasteiger partial charge in [0, 0.05) is 19.1 Å². The molecule has 0 unspecified atom stereocenters. The van der Waals surface area contributed by atoms with Gasteiger partial charge in [-0.05, 0) is 51.2 Å². The first-order valence-corrected chi connectivity index (χ1v) is 7.07. The molecule has 2 aliphatic rings. The van der Waals surface area contributed by atoms with Crippen LogP contribution in [0.2, 0.25) is 0 Å². The molecule has 18 heavy (non-hydrogen) atoms. The summed E-state index contributed by atoms with van der Waals surface area (Å²) in [6.07, 6.45) is 6.58. The predicted octanol–water partition coefficient (Wildman–Crippen LogP) is 1.41. The molecule has 0 aliphatic carbocycles. The highest BCUT2D eigenvalue weighted by Crippen LogP contribution is 2.25. The van der Waals surface area contributed by atoms with Crippen LogP contribution in [-0.4, -0.2) is 52.9 Å². The van der Waals surface area contributed by atoms with Crippen LogP contribution in [0.25, 0.3) is 0 Å². The summed E-state index contributed by atoms with van der Waals surface area (Å²) in [6.45, 7) is 5.57. The Morgan fingerprint density at radius 1 is 1.33 bits per heavy atom. The molecule has 3 heterocycles. The standard InChI is InChI=1S/C13H22N4O/c1(11-4-8-18-9-11)5-17-6-2-12(3-7-17)13-14-10-15-16-13/h10-12H,1-9H2,(H,14,15,16)/t11-/m1/s1. The first-order valence-electron chi connectivity index (χ1n) is 7.07. The van der Waals surface area contributed by atoms with E-state index in [1.165, 1.54) is 45.3 Å². The van der Waals surface area contributed by atoms with Gasteiger partial charge in [0.05, 0.1) is 0 Å². The molecule has 0 spiro atoms. The molecule has 2 saturated heterocycles. The maximum absolute atomic E-state index is 5.43. The molecule has 0 amide bonds. The Bertz CT molecular complexity index is 340. The van der Waals surface area contributed by atoms with E-state index in [0.29, 0.717) is 5.92 Å². The van der Waals surface area contributed by atoms with Crippen LogP contribution in [0.5, 0.6) is 0 Å². The quantitative estimate of drug-likeness (QED) is 0.878. The van der Waals surface area contributed by atoms with Gasteiger partial charge in [-0.2, -0.15) is 5.10 Å². The number of rotatable bonds is 4. The fourth-order valence-corrected chi connectivity index (χ4v) is 3.02. The topological polar surface area (TPSA) is 54.0 Å². The number of piperidine rings is 1. The van der Waals surface area contributed by atoms with Crippen molar-refractivity contribution in [1.82, 2.24) is 20.1 Å². The molecule has 2 fully saturated rings. The van der Waals surface area contributed by atoms with E-state index >= 15 is 0 Å². The highest BCUT2D eigenvalue weighted by atomic mass is 16.5. The zero-order chi connectivity index (χ0) is 12.2. The maximum Gasteiger partial charge on any atom is 0.137 e. The van der Waals surface area contributed by atoms with E-state index in [-0.39, 0.29) is 0 Å². The minimum Gasteiger partial charge on any atom is -0.381 e. The van der Waals surface area contributed by atoms with Crippen LogP contribution in [0.4, 0.5) is 0 Å². The second-order valence-electron chi connectivity index (χ2n) is 5.50. The second kappa shape index (κ2) is 5.80. The first-order chi connectivity index (χ1) is 8.92. The van der Waals surface area contributed by atoms with Crippen LogP contribution in [0.15, 0.2) is 6.33 Å². The summed E-state index contributed by atoms with van der Waals surface area (Å²) in [4.78, 5) is 6.86. The van der Waals surface area contributed by atoms with Crippen LogP contribution >= 0.6 is 0 Å². The van der Waals surface area contributed by atoms with E-state index < -0.39 is 0 Å². The third kappa shape index (κ3) is 2.90. The Kier molecular flexibility index (Phi) is 3.90. The van der Waals surface area contributed by atoms with Gasteiger partial charge in [0.25, 0.3) is 0 Å². The molecule has 1 aromatic heterocycles. The molecule has 5 heteroatoms. The number of H-pyrrole nitrogens is 1. The van der Waals surface area contributed by atoms with Gasteiger partial charge in [-0.25, -0.2) is 4.98 Å². The number of nitrogens with one attached hydrogen (secondary N) is 1. The number of likely N-dealkylation sites (tertiary alicyclic amines) is 1. The number of hydrogen-bond acceptors (Lipinski definition) is 4. The van der Waals surface area contributed by atoms with E-state index in [0.717, 1.165) is 25.0 Å². The molecule has 0 bridgehead atoms. The average Bonchev–Trinajstić information content (AvgIpc) is 3.10. The zero-order valence-corrected chi connectivity index (χ0v) is 10.8. The van der Waals surface area contributed by atoms with Crippen molar-refractivity contribution in [3.8, 4) is 0 Å². The van der Waals surface area contributed by atoms with Crippen molar-refractivity contribution >= 4 is 0 Å². The van der Waals surface area contributed by atoms with Gasteiger partial charge in [-0.15, -0.1) is 0 Å². The van der Waals surface area contributed by atoms with Gasteiger partial charge in [0.2, 0.25) is 0 Å². The molecular weight excluding hydrogens is 228 g/mol. The summed E-state index contributed by atoms with van der Waals surface area (Å²) in [5.41, 5.74) is 0. The summed E-state index contributed by atoms with van der Waals surface area (Å²) in [5, 5.41) is 6.94. The van der Waals surface area contributed by atoms with E-state index in [4.69, 9.17) is 4.74 Å². The molecule has 2 aliphatic heterocycles. The summed E-state index contributed by atoms with van der Waals surface area (Å²) < 4.78 is 5.43. The lowest BCUT2D eigenvalue weighted by Gasteiger charge is -2.31. The minimum atomic E-state index is 0.582. The molecule has 0 radical (unpaired) electrons. The van der Waals surface area contributed by atoms with Crippen LogP contribution in [0.3, 0.4) is 0 Å². The monoisotopic (exact) mass is 250 g/mol. The van der Waals surface area contributed by atoms with Crippen molar-refractivity contribution < 1.29 is 4.74 Å². The lowest BCUT2D eigenvalue weighted by molar-refractivity contribution is 0.169. The highest BCUT2D eigenvalue weighted by Gasteiger charge is 2.23. The minimum absolute atomic E-state index is 0.582. The maximum atomic E-state index is 5.43. The van der Waals surface area contributed by atoms with Gasteiger partial charge in [-0.3, -0.25) is 5.10 Å². The average molecular weight is 250 g/mol. The Morgan fingerprint density at radius 2 is 2.22 bits per heavy atom. The smallest absolute Gasteiger partial charge is 0.137 e. The number of aromatic nitrogens is 3. The summed E-state index contributed by atoms with van der Waals surface area (Å²) in [7, 11) is 0. The zero-order valence-electron chi connectivity index (χ0n) is 10.8. The molecule has 1 aromatic rings. The number of ether oxygens (including phenoxy) is 1. The molecule has 0 saturated carbocycles. The molecule has 1 atom stereocenters. The second-order valence-corrected chi connectivity index (χ2v) is 5.50. The number of aromatic amines is 1. The van der Waals surface area contributed by atoms with Crippen molar-refractivity contribution in [2.24, 2.45) is 5.92 Å². The number of nitrogens with zero attached hydrogens (tertiary/aromatic N) is 3. The van der Waals surface area contributed by atoms with Gasteiger partial charge in [0.15, 0.2) is 0 Å². The predicted molar refractivity (Wildman–Crippen MR) is 68.3 cm³/mol. The summed E-state index contributed by atoms with van der Waals surface area (Å²) in [6, 6.07) is 0. The SMILES string of the molecule is c1n[nH]c(C2CCN(CC[C@@H]3CCOC3)CC2)n1. The van der Waals surface area contributed by atoms with Crippen molar-refractivity contribution in [3.63, 3.8) is 0 Å². The van der Waals surface area contributed by atoms with Gasteiger partial charge < -0.3 is 9.64 Å². The summed E-state index contributed by atoms with van der Waals surface area (Å²) in [5.74, 6) is 2.45. The lowest BCUT2D eigenvalue weighted by atomic mass is 9.95. The Hall–Kier alpha value is -0.940. The fourth-order valence-electron chi connectivity index (χ4n) is 3.02. The van der Waals surface area contributed by atoms with Crippen LogP contribution < -0.4 is 0 Å². The molecule has 5 nitrogen and oxygen atoms in total. The van der Waals surface area contributed by atoms with Crippen molar-refractivity contribution in [2.45, 2.75) is 31.6 Å². The van der Waals surface area contributed by atoms with E-state index in [1.54, 1.807) is 6.33 Å². The third-order valence-corrected chi connectivity index (χ3v) is 4.29. The first kappa shape index (κ1) is 12.1. The van der Waals surface area contributed by atoms with Crippen LogP contribution in [0, 0.1) is 5.92 Å². The van der Waals surface area contributed by atoms with E-state index in [9.17, 15) is 0 Å². The largest absolute Gasteiger partial charge is 0.381 e. The normalized spacial score (nSPS) is 26.8. The molecule has 0 aromatic carbocycles. The van der Waals surface area contributed by atoms with Gasteiger partial charge in [0.1, 0.15) is 12.2 Å². The molecule has 3 rings (SSSR count). The Morgan fingerprint density at radius 3 is 2.89 bits per heavy atom. The van der Waals surface area contributed by atoms with Gasteiger partial charge >= 0.3 is 0 Å².